The van der Waals surface area contributed by atoms with Gasteiger partial charge in [-0.05, 0) is 43.2 Å². The molecule has 1 saturated heterocycles. The number of anilines is 2. The van der Waals surface area contributed by atoms with E-state index in [1.54, 1.807) is 18.2 Å². The number of benzene rings is 1. The van der Waals surface area contributed by atoms with Crippen LogP contribution in [0.25, 0.3) is 0 Å². The van der Waals surface area contributed by atoms with Gasteiger partial charge < -0.3 is 10.2 Å². The number of rotatable bonds is 3. The van der Waals surface area contributed by atoms with E-state index < -0.39 is 0 Å². The molecule has 0 spiro atoms. The van der Waals surface area contributed by atoms with E-state index in [-0.39, 0.29) is 17.6 Å². The third-order valence-corrected chi connectivity index (χ3v) is 4.10. The average Bonchev–Trinajstić information content (AvgIpc) is 2.56. The Morgan fingerprint density at radius 1 is 1.22 bits per heavy atom. The molecule has 1 aromatic heterocycles. The van der Waals surface area contributed by atoms with Crippen molar-refractivity contribution in [3.8, 4) is 0 Å². The van der Waals surface area contributed by atoms with Crippen molar-refractivity contribution >= 4 is 29.0 Å². The molecule has 5 nitrogen and oxygen atoms in total. The summed E-state index contributed by atoms with van der Waals surface area (Å²) < 4.78 is 13.1. The Hall–Kier alpha value is -2.21. The summed E-state index contributed by atoms with van der Waals surface area (Å²) in [5, 5.41) is 11.0. The van der Waals surface area contributed by atoms with Crippen LogP contribution < -0.4 is 10.2 Å². The third kappa shape index (κ3) is 3.96. The van der Waals surface area contributed by atoms with Crippen LogP contribution in [-0.4, -0.2) is 29.2 Å². The maximum absolute atomic E-state index is 13.1. The van der Waals surface area contributed by atoms with Gasteiger partial charge in [-0.1, -0.05) is 17.7 Å². The number of halogens is 2. The molecule has 120 valence electrons. The van der Waals surface area contributed by atoms with Crippen LogP contribution in [-0.2, 0) is 4.79 Å². The van der Waals surface area contributed by atoms with Gasteiger partial charge in [0.2, 0.25) is 5.91 Å². The fourth-order valence-corrected chi connectivity index (χ4v) is 2.76. The second-order valence-electron chi connectivity index (χ2n) is 5.48. The molecule has 1 aliphatic rings. The van der Waals surface area contributed by atoms with E-state index in [4.69, 9.17) is 11.6 Å². The standard InChI is InChI=1S/C16H16ClFN4O/c17-14-4-5-15(21-20-14)22-8-6-11(7-9-22)16(23)19-13-3-1-2-12(18)10-13/h1-5,10-11H,6-9H2,(H,19,23). The summed E-state index contributed by atoms with van der Waals surface area (Å²) in [6.07, 6.45) is 1.43. The van der Waals surface area contributed by atoms with Crippen molar-refractivity contribution in [3.05, 3.63) is 47.4 Å². The summed E-state index contributed by atoms with van der Waals surface area (Å²) in [6, 6.07) is 9.44. The number of nitrogens with zero attached hydrogens (tertiary/aromatic N) is 3. The Labute approximate surface area is 138 Å². The zero-order chi connectivity index (χ0) is 16.2. The molecule has 2 heterocycles. The zero-order valence-electron chi connectivity index (χ0n) is 12.4. The highest BCUT2D eigenvalue weighted by molar-refractivity contribution is 6.29. The monoisotopic (exact) mass is 334 g/mol. The van der Waals surface area contributed by atoms with Crippen molar-refractivity contribution < 1.29 is 9.18 Å². The number of hydrogen-bond donors (Lipinski definition) is 1. The zero-order valence-corrected chi connectivity index (χ0v) is 13.1. The van der Waals surface area contributed by atoms with Gasteiger partial charge in [-0.25, -0.2) is 4.39 Å². The predicted octanol–water partition coefficient (Wildman–Crippen LogP) is 3.12. The number of nitrogens with one attached hydrogen (secondary N) is 1. The van der Waals surface area contributed by atoms with Gasteiger partial charge in [0.05, 0.1) is 0 Å². The second kappa shape index (κ2) is 6.91. The highest BCUT2D eigenvalue weighted by atomic mass is 35.5. The first-order chi connectivity index (χ1) is 11.1. The third-order valence-electron chi connectivity index (χ3n) is 3.90. The molecule has 1 amide bonds. The Bertz CT molecular complexity index is 687. The molecule has 23 heavy (non-hydrogen) atoms. The molecule has 0 saturated carbocycles. The second-order valence-corrected chi connectivity index (χ2v) is 5.86. The molecule has 1 aliphatic heterocycles. The van der Waals surface area contributed by atoms with Gasteiger partial charge in [0.25, 0.3) is 0 Å². The quantitative estimate of drug-likeness (QED) is 0.937. The van der Waals surface area contributed by atoms with Gasteiger partial charge in [0, 0.05) is 24.7 Å². The largest absolute Gasteiger partial charge is 0.355 e. The minimum atomic E-state index is -0.362. The Morgan fingerprint density at radius 3 is 2.65 bits per heavy atom. The number of piperidine rings is 1. The van der Waals surface area contributed by atoms with E-state index in [2.05, 4.69) is 20.4 Å². The first-order valence-electron chi connectivity index (χ1n) is 7.42. The maximum Gasteiger partial charge on any atom is 0.227 e. The van der Waals surface area contributed by atoms with Gasteiger partial charge in [0.15, 0.2) is 11.0 Å². The molecule has 1 aromatic carbocycles. The van der Waals surface area contributed by atoms with Crippen LogP contribution in [0.1, 0.15) is 12.8 Å². The van der Waals surface area contributed by atoms with Gasteiger partial charge in [-0.15, -0.1) is 10.2 Å². The predicted molar refractivity (Wildman–Crippen MR) is 87.0 cm³/mol. The molecule has 0 radical (unpaired) electrons. The fraction of sp³-hybridized carbons (Fsp3) is 0.312. The van der Waals surface area contributed by atoms with Crippen molar-refractivity contribution in [2.45, 2.75) is 12.8 Å². The molecular weight excluding hydrogens is 319 g/mol. The van der Waals surface area contributed by atoms with E-state index in [9.17, 15) is 9.18 Å². The first kappa shape index (κ1) is 15.7. The van der Waals surface area contributed by atoms with E-state index in [1.807, 2.05) is 6.07 Å². The lowest BCUT2D eigenvalue weighted by molar-refractivity contribution is -0.120. The van der Waals surface area contributed by atoms with E-state index in [0.717, 1.165) is 18.9 Å². The molecule has 0 bridgehead atoms. The van der Waals surface area contributed by atoms with Gasteiger partial charge in [-0.3, -0.25) is 4.79 Å². The number of amides is 1. The molecule has 2 aromatic rings. The van der Waals surface area contributed by atoms with Crippen LogP contribution in [0.5, 0.6) is 0 Å². The van der Waals surface area contributed by atoms with Crippen LogP contribution in [0.3, 0.4) is 0 Å². The molecule has 1 N–H and O–H groups in total. The number of aromatic nitrogens is 2. The highest BCUT2D eigenvalue weighted by Gasteiger charge is 2.25. The summed E-state index contributed by atoms with van der Waals surface area (Å²) in [5.41, 5.74) is 0.487. The Balaban J connectivity index is 1.56. The smallest absolute Gasteiger partial charge is 0.227 e. The van der Waals surface area contributed by atoms with Crippen LogP contribution in [0, 0.1) is 11.7 Å². The summed E-state index contributed by atoms with van der Waals surface area (Å²) in [6.45, 7) is 1.44. The molecule has 0 aliphatic carbocycles. The number of carbonyl (C=O) groups is 1. The van der Waals surface area contributed by atoms with Crippen molar-refractivity contribution in [1.29, 1.82) is 0 Å². The van der Waals surface area contributed by atoms with Crippen molar-refractivity contribution in [3.63, 3.8) is 0 Å². The summed E-state index contributed by atoms with van der Waals surface area (Å²) >= 11 is 5.73. The lowest BCUT2D eigenvalue weighted by atomic mass is 9.96. The van der Waals surface area contributed by atoms with Crippen LogP contribution >= 0.6 is 11.6 Å². The van der Waals surface area contributed by atoms with Crippen molar-refractivity contribution in [2.75, 3.05) is 23.3 Å². The fourth-order valence-electron chi connectivity index (χ4n) is 2.66. The normalized spacial score (nSPS) is 15.5. The topological polar surface area (TPSA) is 58.1 Å². The molecular formula is C16H16ClFN4O. The summed E-state index contributed by atoms with van der Waals surface area (Å²) in [5.74, 6) is 0.240. The molecule has 7 heteroatoms. The first-order valence-corrected chi connectivity index (χ1v) is 7.80. The van der Waals surface area contributed by atoms with Gasteiger partial charge in [0.1, 0.15) is 5.82 Å². The van der Waals surface area contributed by atoms with Gasteiger partial charge in [-0.2, -0.15) is 0 Å². The van der Waals surface area contributed by atoms with Crippen LogP contribution in [0.4, 0.5) is 15.9 Å². The molecule has 0 atom stereocenters. The van der Waals surface area contributed by atoms with Crippen LogP contribution in [0.2, 0.25) is 5.15 Å². The minimum Gasteiger partial charge on any atom is -0.355 e. The number of carbonyl (C=O) groups excluding carboxylic acids is 1. The highest BCUT2D eigenvalue weighted by Crippen LogP contribution is 2.23. The van der Waals surface area contributed by atoms with Gasteiger partial charge >= 0.3 is 0 Å². The molecule has 0 unspecified atom stereocenters. The van der Waals surface area contributed by atoms with E-state index >= 15 is 0 Å². The summed E-state index contributed by atoms with van der Waals surface area (Å²) in [7, 11) is 0. The summed E-state index contributed by atoms with van der Waals surface area (Å²) in [4.78, 5) is 14.3. The van der Waals surface area contributed by atoms with E-state index in [0.29, 0.717) is 23.7 Å². The SMILES string of the molecule is O=C(Nc1cccc(F)c1)C1CCN(c2ccc(Cl)nn2)CC1. The van der Waals surface area contributed by atoms with Crippen molar-refractivity contribution in [1.82, 2.24) is 10.2 Å². The molecule has 3 rings (SSSR count). The lowest BCUT2D eigenvalue weighted by Gasteiger charge is -2.31. The lowest BCUT2D eigenvalue weighted by Crippen LogP contribution is -2.38. The Kier molecular flexibility index (Phi) is 4.71. The number of hydrogen-bond acceptors (Lipinski definition) is 4. The van der Waals surface area contributed by atoms with E-state index in [1.165, 1.54) is 12.1 Å². The minimum absolute atomic E-state index is 0.0718. The molecule has 1 fully saturated rings. The average molecular weight is 335 g/mol. The maximum atomic E-state index is 13.1. The Morgan fingerprint density at radius 2 is 2.00 bits per heavy atom. The van der Waals surface area contributed by atoms with Crippen LogP contribution in [0.15, 0.2) is 36.4 Å². The van der Waals surface area contributed by atoms with Crippen molar-refractivity contribution in [2.24, 2.45) is 5.92 Å².